The third-order valence-corrected chi connectivity index (χ3v) is 4.81. The van der Waals surface area contributed by atoms with Crippen LogP contribution in [0.4, 0.5) is 0 Å². The molecule has 2 unspecified atom stereocenters. The van der Waals surface area contributed by atoms with Crippen molar-refractivity contribution in [3.8, 4) is 0 Å². The SMILES string of the molecule is CCCN(CCc1scnc1C)C1COCC1C(=O)O. The number of hydrogen-bond donors (Lipinski definition) is 1. The summed E-state index contributed by atoms with van der Waals surface area (Å²) in [5.74, 6) is -1.15. The first-order valence-corrected chi connectivity index (χ1v) is 7.95. The Hall–Kier alpha value is -0.980. The summed E-state index contributed by atoms with van der Waals surface area (Å²) < 4.78 is 5.39. The fourth-order valence-corrected chi connectivity index (χ4v) is 3.45. The van der Waals surface area contributed by atoms with Crippen LogP contribution in [0.2, 0.25) is 0 Å². The predicted molar refractivity (Wildman–Crippen MR) is 78.2 cm³/mol. The smallest absolute Gasteiger partial charge is 0.310 e. The number of carboxylic acids is 1. The fourth-order valence-electron chi connectivity index (χ4n) is 2.68. The van der Waals surface area contributed by atoms with Gasteiger partial charge in [-0.15, -0.1) is 11.3 Å². The van der Waals surface area contributed by atoms with Gasteiger partial charge in [-0.2, -0.15) is 0 Å². The van der Waals surface area contributed by atoms with Crippen molar-refractivity contribution in [3.05, 3.63) is 16.1 Å². The van der Waals surface area contributed by atoms with Gasteiger partial charge in [0.25, 0.3) is 0 Å². The summed E-state index contributed by atoms with van der Waals surface area (Å²) >= 11 is 1.67. The highest BCUT2D eigenvalue weighted by atomic mass is 32.1. The number of carbonyl (C=O) groups is 1. The van der Waals surface area contributed by atoms with E-state index >= 15 is 0 Å². The van der Waals surface area contributed by atoms with E-state index in [9.17, 15) is 9.90 Å². The van der Waals surface area contributed by atoms with Crippen molar-refractivity contribution < 1.29 is 14.6 Å². The van der Waals surface area contributed by atoms with E-state index in [0.717, 1.165) is 31.6 Å². The van der Waals surface area contributed by atoms with E-state index < -0.39 is 11.9 Å². The van der Waals surface area contributed by atoms with Crippen LogP contribution < -0.4 is 0 Å². The van der Waals surface area contributed by atoms with Crippen LogP contribution >= 0.6 is 11.3 Å². The molecule has 0 spiro atoms. The second kappa shape index (κ2) is 7.15. The molecule has 20 heavy (non-hydrogen) atoms. The molecule has 0 saturated carbocycles. The molecule has 1 aromatic rings. The van der Waals surface area contributed by atoms with Crippen molar-refractivity contribution in [3.63, 3.8) is 0 Å². The molecule has 1 saturated heterocycles. The predicted octanol–water partition coefficient (Wildman–Crippen LogP) is 1.81. The first-order chi connectivity index (χ1) is 9.63. The minimum absolute atomic E-state index is 0.000627. The molecule has 1 aliphatic rings. The summed E-state index contributed by atoms with van der Waals surface area (Å²) in [6.07, 6.45) is 1.95. The molecule has 112 valence electrons. The van der Waals surface area contributed by atoms with E-state index in [1.54, 1.807) is 11.3 Å². The highest BCUT2D eigenvalue weighted by molar-refractivity contribution is 7.09. The van der Waals surface area contributed by atoms with Gasteiger partial charge in [0.1, 0.15) is 0 Å². The number of ether oxygens (including phenoxy) is 1. The average molecular weight is 298 g/mol. The molecule has 0 aromatic carbocycles. The number of thiazole rings is 1. The number of hydrogen-bond acceptors (Lipinski definition) is 5. The maximum Gasteiger partial charge on any atom is 0.310 e. The van der Waals surface area contributed by atoms with Gasteiger partial charge in [-0.1, -0.05) is 6.92 Å². The minimum Gasteiger partial charge on any atom is -0.481 e. The zero-order valence-electron chi connectivity index (χ0n) is 12.0. The van der Waals surface area contributed by atoms with Crippen LogP contribution in [-0.4, -0.2) is 53.3 Å². The van der Waals surface area contributed by atoms with E-state index in [1.165, 1.54) is 4.88 Å². The fraction of sp³-hybridized carbons (Fsp3) is 0.714. The molecule has 0 amide bonds. The molecular formula is C14H22N2O3S. The maximum absolute atomic E-state index is 11.3. The Bertz CT molecular complexity index is 449. The number of carboxylic acid groups (broad SMARTS) is 1. The molecule has 2 heterocycles. The van der Waals surface area contributed by atoms with Crippen molar-refractivity contribution in [2.75, 3.05) is 26.3 Å². The van der Waals surface area contributed by atoms with Crippen molar-refractivity contribution >= 4 is 17.3 Å². The largest absolute Gasteiger partial charge is 0.481 e. The Kier molecular flexibility index (Phi) is 5.51. The zero-order chi connectivity index (χ0) is 14.5. The third-order valence-electron chi connectivity index (χ3n) is 3.82. The van der Waals surface area contributed by atoms with Gasteiger partial charge < -0.3 is 9.84 Å². The van der Waals surface area contributed by atoms with Gasteiger partial charge in [0.05, 0.1) is 30.3 Å². The quantitative estimate of drug-likeness (QED) is 0.832. The first-order valence-electron chi connectivity index (χ1n) is 7.07. The molecule has 0 bridgehead atoms. The lowest BCUT2D eigenvalue weighted by atomic mass is 10.0. The Morgan fingerprint density at radius 3 is 2.95 bits per heavy atom. The van der Waals surface area contributed by atoms with Crippen molar-refractivity contribution in [1.29, 1.82) is 0 Å². The van der Waals surface area contributed by atoms with Gasteiger partial charge in [0.15, 0.2) is 0 Å². The summed E-state index contributed by atoms with van der Waals surface area (Å²) in [6, 6.07) is 0.000627. The number of aromatic nitrogens is 1. The second-order valence-electron chi connectivity index (χ2n) is 5.20. The average Bonchev–Trinajstić information content (AvgIpc) is 3.03. The zero-order valence-corrected chi connectivity index (χ0v) is 12.9. The van der Waals surface area contributed by atoms with Gasteiger partial charge in [-0.3, -0.25) is 9.69 Å². The molecule has 1 aliphatic heterocycles. The van der Waals surface area contributed by atoms with Crippen LogP contribution in [0.25, 0.3) is 0 Å². The number of rotatable bonds is 7. The molecule has 1 N–H and O–H groups in total. The summed E-state index contributed by atoms with van der Waals surface area (Å²) in [5, 5.41) is 9.28. The normalized spacial score (nSPS) is 22.6. The number of nitrogens with zero attached hydrogens (tertiary/aromatic N) is 2. The Morgan fingerprint density at radius 2 is 2.35 bits per heavy atom. The van der Waals surface area contributed by atoms with E-state index in [0.29, 0.717) is 13.2 Å². The maximum atomic E-state index is 11.3. The summed E-state index contributed by atoms with van der Waals surface area (Å²) in [5.41, 5.74) is 2.96. The molecule has 0 radical (unpaired) electrons. The first kappa shape index (κ1) is 15.4. The molecule has 5 nitrogen and oxygen atoms in total. The minimum atomic E-state index is -0.748. The highest BCUT2D eigenvalue weighted by Crippen LogP contribution is 2.22. The lowest BCUT2D eigenvalue weighted by molar-refractivity contribution is -0.143. The summed E-state index contributed by atoms with van der Waals surface area (Å²) in [4.78, 5) is 19.1. The van der Waals surface area contributed by atoms with E-state index in [4.69, 9.17) is 4.74 Å². The molecule has 6 heteroatoms. The van der Waals surface area contributed by atoms with Crippen molar-refractivity contribution in [1.82, 2.24) is 9.88 Å². The third kappa shape index (κ3) is 3.56. The van der Waals surface area contributed by atoms with Gasteiger partial charge in [-0.05, 0) is 26.3 Å². The standard InChI is InChI=1S/C14H22N2O3S/c1-3-5-16(6-4-13-10(2)15-9-20-13)12-8-19-7-11(12)14(17)18/h9,11-12H,3-8H2,1-2H3,(H,17,18). The Balaban J connectivity index is 1.99. The lowest BCUT2D eigenvalue weighted by Gasteiger charge is -2.29. The van der Waals surface area contributed by atoms with Crippen LogP contribution in [0, 0.1) is 12.8 Å². The van der Waals surface area contributed by atoms with Gasteiger partial charge in [0, 0.05) is 17.5 Å². The molecule has 1 fully saturated rings. The molecule has 2 atom stereocenters. The van der Waals surface area contributed by atoms with Gasteiger partial charge in [-0.25, -0.2) is 4.98 Å². The molecule has 0 aliphatic carbocycles. The molecule has 2 rings (SSSR count). The van der Waals surface area contributed by atoms with Crippen LogP contribution in [0.5, 0.6) is 0 Å². The van der Waals surface area contributed by atoms with Crippen LogP contribution in [0.15, 0.2) is 5.51 Å². The monoisotopic (exact) mass is 298 g/mol. The second-order valence-corrected chi connectivity index (χ2v) is 6.14. The Labute approximate surface area is 123 Å². The summed E-state index contributed by atoms with van der Waals surface area (Å²) in [6.45, 7) is 6.79. The van der Waals surface area contributed by atoms with E-state index in [1.807, 2.05) is 12.4 Å². The van der Waals surface area contributed by atoms with E-state index in [-0.39, 0.29) is 6.04 Å². The number of aryl methyl sites for hydroxylation is 1. The summed E-state index contributed by atoms with van der Waals surface area (Å²) in [7, 11) is 0. The van der Waals surface area contributed by atoms with Crippen LogP contribution in [0.1, 0.15) is 23.9 Å². The molecule has 1 aromatic heterocycles. The molecular weight excluding hydrogens is 276 g/mol. The van der Waals surface area contributed by atoms with Crippen molar-refractivity contribution in [2.45, 2.75) is 32.7 Å². The van der Waals surface area contributed by atoms with Gasteiger partial charge in [0.2, 0.25) is 0 Å². The van der Waals surface area contributed by atoms with Crippen molar-refractivity contribution in [2.24, 2.45) is 5.92 Å². The highest BCUT2D eigenvalue weighted by Gasteiger charge is 2.37. The topological polar surface area (TPSA) is 62.7 Å². The lowest BCUT2D eigenvalue weighted by Crippen LogP contribution is -2.44. The van der Waals surface area contributed by atoms with Crippen LogP contribution in [-0.2, 0) is 16.0 Å². The van der Waals surface area contributed by atoms with E-state index in [2.05, 4.69) is 16.8 Å². The van der Waals surface area contributed by atoms with Crippen LogP contribution in [0.3, 0.4) is 0 Å². The van der Waals surface area contributed by atoms with Gasteiger partial charge >= 0.3 is 5.97 Å². The number of aliphatic carboxylic acids is 1. The Morgan fingerprint density at radius 1 is 1.55 bits per heavy atom.